The highest BCUT2D eigenvalue weighted by Crippen LogP contribution is 2.36. The van der Waals surface area contributed by atoms with E-state index in [1.807, 2.05) is 13.8 Å². The van der Waals surface area contributed by atoms with E-state index < -0.39 is 0 Å². The molecule has 0 fully saturated rings. The minimum atomic E-state index is -0.208. The minimum Gasteiger partial charge on any atom is -0.492 e. The topological polar surface area (TPSA) is 76.7 Å². The summed E-state index contributed by atoms with van der Waals surface area (Å²) in [6.07, 6.45) is 0. The van der Waals surface area contributed by atoms with Gasteiger partial charge in [-0.2, -0.15) is 0 Å². The van der Waals surface area contributed by atoms with Crippen molar-refractivity contribution in [2.24, 2.45) is 0 Å². The molecule has 0 aliphatic rings. The predicted molar refractivity (Wildman–Crippen MR) is 77.4 cm³/mol. The first-order chi connectivity index (χ1) is 9.47. The van der Waals surface area contributed by atoms with Gasteiger partial charge in [-0.15, -0.1) is 0 Å². The summed E-state index contributed by atoms with van der Waals surface area (Å²) in [7, 11) is 0. The lowest BCUT2D eigenvalue weighted by Crippen LogP contribution is -2.11. The Morgan fingerprint density at radius 2 is 1.25 bits per heavy atom. The molecule has 0 aliphatic heterocycles. The zero-order valence-corrected chi connectivity index (χ0v) is 12.2. The normalized spacial score (nSPS) is 9.80. The van der Waals surface area contributed by atoms with Crippen LogP contribution in [0, 0.1) is 0 Å². The van der Waals surface area contributed by atoms with Gasteiger partial charge in [0.25, 0.3) is 0 Å². The van der Waals surface area contributed by atoms with Crippen molar-refractivity contribution in [3.63, 3.8) is 0 Å². The summed E-state index contributed by atoms with van der Waals surface area (Å²) in [4.78, 5) is 22.4. The van der Waals surface area contributed by atoms with E-state index in [1.165, 1.54) is 13.8 Å². The molecule has 110 valence electrons. The van der Waals surface area contributed by atoms with E-state index in [9.17, 15) is 9.59 Å². The van der Waals surface area contributed by atoms with Crippen LogP contribution in [-0.4, -0.2) is 25.0 Å². The number of ether oxygens (including phenoxy) is 2. The lowest BCUT2D eigenvalue weighted by Gasteiger charge is -2.16. The average Bonchev–Trinajstić information content (AvgIpc) is 2.33. The van der Waals surface area contributed by atoms with Crippen LogP contribution in [0.2, 0.25) is 0 Å². The Balaban J connectivity index is 3.25. The third kappa shape index (κ3) is 4.46. The number of nitrogens with one attached hydrogen (secondary N) is 2. The largest absolute Gasteiger partial charge is 0.492 e. The Hall–Kier alpha value is -2.24. The first kappa shape index (κ1) is 15.8. The van der Waals surface area contributed by atoms with Gasteiger partial charge < -0.3 is 20.1 Å². The molecule has 6 heteroatoms. The molecule has 6 nitrogen and oxygen atoms in total. The molecule has 0 radical (unpaired) electrons. The Morgan fingerprint density at radius 1 is 0.900 bits per heavy atom. The van der Waals surface area contributed by atoms with E-state index in [-0.39, 0.29) is 11.8 Å². The molecule has 0 saturated carbocycles. The van der Waals surface area contributed by atoms with Crippen molar-refractivity contribution in [1.29, 1.82) is 0 Å². The molecule has 0 saturated heterocycles. The molecule has 0 unspecified atom stereocenters. The second kappa shape index (κ2) is 7.37. The van der Waals surface area contributed by atoms with Crippen LogP contribution in [0.3, 0.4) is 0 Å². The van der Waals surface area contributed by atoms with Crippen molar-refractivity contribution in [2.75, 3.05) is 23.8 Å². The van der Waals surface area contributed by atoms with Gasteiger partial charge in [-0.3, -0.25) is 9.59 Å². The van der Waals surface area contributed by atoms with E-state index in [0.29, 0.717) is 36.1 Å². The van der Waals surface area contributed by atoms with Crippen LogP contribution in [0.4, 0.5) is 11.4 Å². The number of amides is 2. The van der Waals surface area contributed by atoms with Gasteiger partial charge in [0.1, 0.15) is 11.5 Å². The molecule has 0 heterocycles. The first-order valence-corrected chi connectivity index (χ1v) is 6.46. The molecule has 1 aromatic rings. The van der Waals surface area contributed by atoms with Gasteiger partial charge in [0.15, 0.2) is 0 Å². The smallest absolute Gasteiger partial charge is 0.221 e. The molecule has 0 aliphatic carbocycles. The summed E-state index contributed by atoms with van der Waals surface area (Å²) in [5, 5.41) is 5.36. The highest BCUT2D eigenvalue weighted by molar-refractivity contribution is 5.94. The SMILES string of the molecule is CCOc1cc(NC(C)=O)c(OCC)cc1NC(C)=O. The molecule has 1 aromatic carbocycles. The van der Waals surface area contributed by atoms with Crippen molar-refractivity contribution in [3.8, 4) is 11.5 Å². The predicted octanol–water partition coefficient (Wildman–Crippen LogP) is 2.40. The van der Waals surface area contributed by atoms with Crippen LogP contribution in [0.5, 0.6) is 11.5 Å². The highest BCUT2D eigenvalue weighted by Gasteiger charge is 2.14. The van der Waals surface area contributed by atoms with Gasteiger partial charge in [-0.05, 0) is 13.8 Å². The van der Waals surface area contributed by atoms with Gasteiger partial charge in [0, 0.05) is 26.0 Å². The second-order valence-corrected chi connectivity index (χ2v) is 4.07. The zero-order valence-electron chi connectivity index (χ0n) is 12.2. The van der Waals surface area contributed by atoms with Crippen molar-refractivity contribution in [2.45, 2.75) is 27.7 Å². The van der Waals surface area contributed by atoms with Crippen molar-refractivity contribution < 1.29 is 19.1 Å². The molecular formula is C14H20N2O4. The summed E-state index contributed by atoms with van der Waals surface area (Å²) in [6.45, 7) is 7.40. The number of hydrogen-bond donors (Lipinski definition) is 2. The summed E-state index contributed by atoms with van der Waals surface area (Å²) in [5.41, 5.74) is 1.02. The fourth-order valence-corrected chi connectivity index (χ4v) is 1.68. The van der Waals surface area contributed by atoms with Gasteiger partial charge in [0.2, 0.25) is 11.8 Å². The number of carbonyl (C=O) groups is 2. The molecule has 1 rings (SSSR count). The second-order valence-electron chi connectivity index (χ2n) is 4.07. The monoisotopic (exact) mass is 280 g/mol. The fourth-order valence-electron chi connectivity index (χ4n) is 1.68. The maximum atomic E-state index is 11.2. The quantitative estimate of drug-likeness (QED) is 0.839. The van der Waals surface area contributed by atoms with E-state index in [1.54, 1.807) is 12.1 Å². The maximum Gasteiger partial charge on any atom is 0.221 e. The first-order valence-electron chi connectivity index (χ1n) is 6.46. The third-order valence-electron chi connectivity index (χ3n) is 2.30. The highest BCUT2D eigenvalue weighted by atomic mass is 16.5. The van der Waals surface area contributed by atoms with Crippen LogP contribution in [0.1, 0.15) is 27.7 Å². The Labute approximate surface area is 118 Å². The number of anilines is 2. The summed E-state index contributed by atoms with van der Waals surface area (Å²) in [5.74, 6) is 0.547. The molecule has 0 bridgehead atoms. The van der Waals surface area contributed by atoms with Crippen LogP contribution in [0.15, 0.2) is 12.1 Å². The fraction of sp³-hybridized carbons (Fsp3) is 0.429. The van der Waals surface area contributed by atoms with Crippen LogP contribution < -0.4 is 20.1 Å². The minimum absolute atomic E-state index is 0.208. The Kier molecular flexibility index (Phi) is 5.83. The zero-order chi connectivity index (χ0) is 15.1. The van der Waals surface area contributed by atoms with E-state index >= 15 is 0 Å². The summed E-state index contributed by atoms with van der Waals surface area (Å²) in [6, 6.07) is 3.28. The summed E-state index contributed by atoms with van der Waals surface area (Å²) < 4.78 is 10.9. The van der Waals surface area contributed by atoms with Crippen molar-refractivity contribution in [3.05, 3.63) is 12.1 Å². The third-order valence-corrected chi connectivity index (χ3v) is 2.30. The van der Waals surface area contributed by atoms with E-state index in [4.69, 9.17) is 9.47 Å². The number of benzene rings is 1. The van der Waals surface area contributed by atoms with E-state index in [2.05, 4.69) is 10.6 Å². The average molecular weight is 280 g/mol. The van der Waals surface area contributed by atoms with E-state index in [0.717, 1.165) is 0 Å². The van der Waals surface area contributed by atoms with Gasteiger partial charge in [-0.25, -0.2) is 0 Å². The molecule has 0 atom stereocenters. The molecular weight excluding hydrogens is 260 g/mol. The standard InChI is InChI=1S/C14H20N2O4/c1-5-19-13-7-12(16-10(4)18)14(20-6-2)8-11(13)15-9(3)17/h7-8H,5-6H2,1-4H3,(H,15,17)(H,16,18). The molecule has 20 heavy (non-hydrogen) atoms. The van der Waals surface area contributed by atoms with Crippen molar-refractivity contribution >= 4 is 23.2 Å². The van der Waals surface area contributed by atoms with Gasteiger partial charge >= 0.3 is 0 Å². The lowest BCUT2D eigenvalue weighted by molar-refractivity contribution is -0.115. The summed E-state index contributed by atoms with van der Waals surface area (Å²) >= 11 is 0. The Morgan fingerprint density at radius 3 is 1.50 bits per heavy atom. The molecule has 0 spiro atoms. The van der Waals surface area contributed by atoms with Crippen molar-refractivity contribution in [1.82, 2.24) is 0 Å². The maximum absolute atomic E-state index is 11.2. The van der Waals surface area contributed by atoms with Crippen LogP contribution in [0.25, 0.3) is 0 Å². The Bertz CT molecular complexity index is 454. The molecule has 2 N–H and O–H groups in total. The van der Waals surface area contributed by atoms with Crippen LogP contribution in [-0.2, 0) is 9.59 Å². The van der Waals surface area contributed by atoms with Gasteiger partial charge in [0.05, 0.1) is 24.6 Å². The molecule has 2 amide bonds. The van der Waals surface area contributed by atoms with Crippen LogP contribution >= 0.6 is 0 Å². The molecule has 0 aromatic heterocycles. The van der Waals surface area contributed by atoms with Gasteiger partial charge in [-0.1, -0.05) is 0 Å². The number of hydrogen-bond acceptors (Lipinski definition) is 4. The number of rotatable bonds is 6. The lowest BCUT2D eigenvalue weighted by atomic mass is 10.2. The number of carbonyl (C=O) groups excluding carboxylic acids is 2.